The third-order valence-corrected chi connectivity index (χ3v) is 2.84. The zero-order valence-corrected chi connectivity index (χ0v) is 8.57. The first-order valence-electron chi connectivity index (χ1n) is 4.88. The number of fused-ring (bicyclic) bond motifs is 3. The van der Waals surface area contributed by atoms with Crippen molar-refractivity contribution in [3.8, 4) is 0 Å². The van der Waals surface area contributed by atoms with Crippen molar-refractivity contribution >= 4 is 21.8 Å². The number of para-hydroxylation sites is 1. The van der Waals surface area contributed by atoms with E-state index < -0.39 is 0 Å². The van der Waals surface area contributed by atoms with Crippen LogP contribution in [0, 0.1) is 0 Å². The van der Waals surface area contributed by atoms with Gasteiger partial charge in [0.05, 0.1) is 5.39 Å². The van der Waals surface area contributed by atoms with Gasteiger partial charge in [0.15, 0.2) is 0 Å². The van der Waals surface area contributed by atoms with E-state index in [1.807, 2.05) is 24.3 Å². The second kappa shape index (κ2) is 2.85. The molecule has 5 nitrogen and oxygen atoms in total. The lowest BCUT2D eigenvalue weighted by atomic mass is 10.2. The normalized spacial score (nSPS) is 11.3. The molecule has 80 valence electrons. The van der Waals surface area contributed by atoms with Crippen molar-refractivity contribution in [2.45, 2.75) is 0 Å². The number of aromatic amines is 2. The Labute approximate surface area is 89.3 Å². The minimum absolute atomic E-state index is 0.272. The molecular weight excluding hydrogens is 206 g/mol. The van der Waals surface area contributed by atoms with Crippen molar-refractivity contribution in [1.29, 1.82) is 0 Å². The lowest BCUT2D eigenvalue weighted by molar-refractivity contribution is 0.940. The number of rotatable bonds is 0. The van der Waals surface area contributed by atoms with Crippen molar-refractivity contribution in [2.75, 3.05) is 0 Å². The number of hydrogen-bond acceptors (Lipinski definition) is 2. The van der Waals surface area contributed by atoms with Gasteiger partial charge in [0.2, 0.25) is 0 Å². The average Bonchev–Trinajstić information content (AvgIpc) is 2.60. The number of hydrogen-bond donors (Lipinski definition) is 2. The highest BCUT2D eigenvalue weighted by Crippen LogP contribution is 2.22. The highest BCUT2D eigenvalue weighted by atomic mass is 16.1. The fraction of sp³-hybridized carbons (Fsp3) is 0.0909. The summed E-state index contributed by atoms with van der Waals surface area (Å²) in [5.74, 6) is 0. The molecule has 0 atom stereocenters. The summed E-state index contributed by atoms with van der Waals surface area (Å²) < 4.78 is 1.73. The summed E-state index contributed by atoms with van der Waals surface area (Å²) in [7, 11) is 1.78. The molecule has 3 aromatic rings. The molecule has 0 aliphatic heterocycles. The Morgan fingerprint density at radius 1 is 1.06 bits per heavy atom. The molecule has 0 saturated carbocycles. The second-order valence-corrected chi connectivity index (χ2v) is 3.71. The molecule has 0 aliphatic carbocycles. The number of aromatic nitrogens is 3. The van der Waals surface area contributed by atoms with Gasteiger partial charge in [0, 0.05) is 18.0 Å². The van der Waals surface area contributed by atoms with E-state index in [1.54, 1.807) is 11.6 Å². The molecule has 1 aromatic carbocycles. The van der Waals surface area contributed by atoms with Gasteiger partial charge < -0.3 is 4.57 Å². The number of aryl methyl sites for hydroxylation is 1. The van der Waals surface area contributed by atoms with E-state index in [9.17, 15) is 9.59 Å². The minimum Gasteiger partial charge on any atom is -0.339 e. The van der Waals surface area contributed by atoms with Crippen LogP contribution in [0.25, 0.3) is 21.8 Å². The SMILES string of the molecule is Cn1c2ccccc2c2c(=O)[nH][nH]c(=O)c21. The largest absolute Gasteiger partial charge is 0.339 e. The van der Waals surface area contributed by atoms with Gasteiger partial charge in [-0.05, 0) is 6.07 Å². The van der Waals surface area contributed by atoms with Gasteiger partial charge in [-0.2, -0.15) is 0 Å². The maximum atomic E-state index is 11.7. The van der Waals surface area contributed by atoms with Crippen LogP contribution in [0.1, 0.15) is 0 Å². The van der Waals surface area contributed by atoms with Gasteiger partial charge in [-0.25, -0.2) is 0 Å². The Kier molecular flexibility index (Phi) is 1.60. The summed E-state index contributed by atoms with van der Waals surface area (Å²) in [5.41, 5.74) is 0.726. The zero-order chi connectivity index (χ0) is 11.3. The first kappa shape index (κ1) is 8.96. The molecule has 0 unspecified atom stereocenters. The fourth-order valence-electron chi connectivity index (χ4n) is 2.12. The highest BCUT2D eigenvalue weighted by molar-refractivity contribution is 6.06. The molecule has 0 saturated heterocycles. The van der Waals surface area contributed by atoms with Crippen LogP contribution in [0.15, 0.2) is 33.9 Å². The maximum absolute atomic E-state index is 11.7. The van der Waals surface area contributed by atoms with Crippen molar-refractivity contribution in [3.05, 3.63) is 45.0 Å². The molecule has 0 bridgehead atoms. The Balaban J connectivity index is 2.84. The fourth-order valence-corrected chi connectivity index (χ4v) is 2.12. The minimum atomic E-state index is -0.284. The van der Waals surface area contributed by atoms with Gasteiger partial charge in [-0.3, -0.25) is 19.8 Å². The molecule has 0 fully saturated rings. The number of benzene rings is 1. The Morgan fingerprint density at radius 3 is 2.56 bits per heavy atom. The summed E-state index contributed by atoms with van der Waals surface area (Å²) in [4.78, 5) is 23.4. The van der Waals surface area contributed by atoms with Crippen molar-refractivity contribution < 1.29 is 0 Å². The standard InChI is InChI=1S/C11H9N3O2/c1-14-7-5-3-2-4-6(7)8-9(14)11(16)13-12-10(8)15/h2-5H,1H3,(H,12,15)(H,13,16). The molecule has 0 spiro atoms. The van der Waals surface area contributed by atoms with Gasteiger partial charge in [-0.1, -0.05) is 18.2 Å². The summed E-state index contributed by atoms with van der Waals surface area (Å²) in [6.07, 6.45) is 0. The molecule has 2 N–H and O–H groups in total. The molecular formula is C11H9N3O2. The van der Waals surface area contributed by atoms with E-state index >= 15 is 0 Å². The van der Waals surface area contributed by atoms with E-state index in [4.69, 9.17) is 0 Å². The molecule has 16 heavy (non-hydrogen) atoms. The number of nitrogens with zero attached hydrogens (tertiary/aromatic N) is 1. The first-order chi connectivity index (χ1) is 7.70. The van der Waals surface area contributed by atoms with Crippen LogP contribution in [-0.4, -0.2) is 14.8 Å². The summed E-state index contributed by atoms with van der Waals surface area (Å²) >= 11 is 0. The first-order valence-corrected chi connectivity index (χ1v) is 4.88. The van der Waals surface area contributed by atoms with Gasteiger partial charge in [0.1, 0.15) is 5.52 Å². The number of H-pyrrole nitrogens is 2. The van der Waals surface area contributed by atoms with Crippen LogP contribution >= 0.6 is 0 Å². The van der Waals surface area contributed by atoms with E-state index in [-0.39, 0.29) is 11.1 Å². The number of nitrogens with one attached hydrogen (secondary N) is 2. The monoisotopic (exact) mass is 215 g/mol. The quantitative estimate of drug-likeness (QED) is 0.579. The molecule has 0 radical (unpaired) electrons. The van der Waals surface area contributed by atoms with E-state index in [2.05, 4.69) is 10.2 Å². The van der Waals surface area contributed by atoms with E-state index in [0.29, 0.717) is 10.9 Å². The van der Waals surface area contributed by atoms with Crippen LogP contribution in [0.4, 0.5) is 0 Å². The topological polar surface area (TPSA) is 70.7 Å². The molecule has 3 rings (SSSR count). The zero-order valence-electron chi connectivity index (χ0n) is 8.57. The smallest absolute Gasteiger partial charge is 0.287 e. The third kappa shape index (κ3) is 0.942. The van der Waals surface area contributed by atoms with E-state index in [0.717, 1.165) is 10.9 Å². The molecule has 0 aliphatic rings. The average molecular weight is 215 g/mol. The third-order valence-electron chi connectivity index (χ3n) is 2.84. The van der Waals surface area contributed by atoms with Crippen LogP contribution in [-0.2, 0) is 7.05 Å². The molecule has 2 heterocycles. The Morgan fingerprint density at radius 2 is 1.75 bits per heavy atom. The van der Waals surface area contributed by atoms with Crippen LogP contribution in [0.3, 0.4) is 0 Å². The van der Waals surface area contributed by atoms with E-state index in [1.165, 1.54) is 0 Å². The lowest BCUT2D eigenvalue weighted by Gasteiger charge is -1.94. The molecule has 0 amide bonds. The molecule has 5 heteroatoms. The summed E-state index contributed by atoms with van der Waals surface area (Å²) in [6.45, 7) is 0. The van der Waals surface area contributed by atoms with Gasteiger partial charge in [-0.15, -0.1) is 0 Å². The van der Waals surface area contributed by atoms with Crippen molar-refractivity contribution in [3.63, 3.8) is 0 Å². The van der Waals surface area contributed by atoms with Crippen LogP contribution < -0.4 is 11.1 Å². The van der Waals surface area contributed by atoms with Crippen LogP contribution in [0.2, 0.25) is 0 Å². The highest BCUT2D eigenvalue weighted by Gasteiger charge is 2.13. The Hall–Kier alpha value is -2.30. The predicted molar refractivity (Wildman–Crippen MR) is 61.7 cm³/mol. The maximum Gasteiger partial charge on any atom is 0.287 e. The Bertz CT molecular complexity index is 807. The van der Waals surface area contributed by atoms with Crippen LogP contribution in [0.5, 0.6) is 0 Å². The second-order valence-electron chi connectivity index (χ2n) is 3.71. The van der Waals surface area contributed by atoms with Crippen molar-refractivity contribution in [2.24, 2.45) is 7.05 Å². The van der Waals surface area contributed by atoms with Gasteiger partial charge >= 0.3 is 0 Å². The summed E-state index contributed by atoms with van der Waals surface area (Å²) in [5, 5.41) is 5.92. The molecule has 2 aromatic heterocycles. The van der Waals surface area contributed by atoms with Gasteiger partial charge in [0.25, 0.3) is 11.1 Å². The lowest BCUT2D eigenvalue weighted by Crippen LogP contribution is -2.19. The van der Waals surface area contributed by atoms with Crippen molar-refractivity contribution in [1.82, 2.24) is 14.8 Å². The predicted octanol–water partition coefficient (Wildman–Crippen LogP) is 0.708. The summed E-state index contributed by atoms with van der Waals surface area (Å²) in [6, 6.07) is 7.45.